The summed E-state index contributed by atoms with van der Waals surface area (Å²) < 4.78 is 9.70. The lowest BCUT2D eigenvalue weighted by Gasteiger charge is -2.33. The summed E-state index contributed by atoms with van der Waals surface area (Å²) in [6, 6.07) is 8.25. The lowest BCUT2D eigenvalue weighted by Crippen LogP contribution is -2.41. The van der Waals surface area contributed by atoms with E-state index in [1.807, 2.05) is 4.57 Å². The molecule has 0 N–H and O–H groups in total. The molecule has 0 saturated carbocycles. The van der Waals surface area contributed by atoms with Crippen LogP contribution in [0, 0.1) is 12.8 Å². The third kappa shape index (κ3) is 2.84. The van der Waals surface area contributed by atoms with Crippen molar-refractivity contribution in [1.82, 2.24) is 18.7 Å². The third-order valence-electron chi connectivity index (χ3n) is 5.31. The number of aromatic nitrogens is 4. The maximum absolute atomic E-state index is 13.1. The molecule has 0 bridgehead atoms. The molecule has 0 amide bonds. The Morgan fingerprint density at radius 2 is 1.89 bits per heavy atom. The van der Waals surface area contributed by atoms with Crippen molar-refractivity contribution in [3.05, 3.63) is 50.7 Å². The second-order valence-electron chi connectivity index (χ2n) is 7.54. The largest absolute Gasteiger partial charge is 0.383 e. The van der Waals surface area contributed by atoms with Crippen molar-refractivity contribution in [3.63, 3.8) is 0 Å². The van der Waals surface area contributed by atoms with E-state index in [1.54, 1.807) is 14.2 Å². The maximum atomic E-state index is 13.1. The van der Waals surface area contributed by atoms with Gasteiger partial charge in [0.25, 0.3) is 5.56 Å². The van der Waals surface area contributed by atoms with E-state index in [2.05, 4.69) is 43.0 Å². The van der Waals surface area contributed by atoms with Gasteiger partial charge in [-0.25, -0.2) is 4.79 Å². The Balaban J connectivity index is 1.96. The molecule has 3 aromatic rings. The van der Waals surface area contributed by atoms with Crippen LogP contribution in [0.5, 0.6) is 0 Å². The first kappa shape index (κ1) is 18.5. The first-order valence-electron chi connectivity index (χ1n) is 9.45. The number of hydrogen-bond acceptors (Lipinski definition) is 5. The molecular weight excluding hydrogens is 358 g/mol. The molecule has 1 aromatic carbocycles. The van der Waals surface area contributed by atoms with Crippen LogP contribution in [0.25, 0.3) is 11.2 Å². The van der Waals surface area contributed by atoms with Crippen molar-refractivity contribution in [3.8, 4) is 0 Å². The predicted octanol–water partition coefficient (Wildman–Crippen LogP) is 1.64. The second-order valence-corrected chi connectivity index (χ2v) is 7.54. The van der Waals surface area contributed by atoms with Crippen LogP contribution in [0.1, 0.15) is 12.5 Å². The molecule has 0 fully saturated rings. The Labute approximate surface area is 162 Å². The zero-order valence-electron chi connectivity index (χ0n) is 16.7. The van der Waals surface area contributed by atoms with Gasteiger partial charge in [0.15, 0.2) is 11.2 Å². The summed E-state index contributed by atoms with van der Waals surface area (Å²) in [5, 5.41) is 0. The van der Waals surface area contributed by atoms with Gasteiger partial charge in [-0.2, -0.15) is 4.98 Å². The number of rotatable bonds is 4. The van der Waals surface area contributed by atoms with Gasteiger partial charge in [-0.1, -0.05) is 24.6 Å². The zero-order valence-corrected chi connectivity index (χ0v) is 16.7. The summed E-state index contributed by atoms with van der Waals surface area (Å²) in [6.07, 6.45) is 0. The minimum atomic E-state index is -0.375. The Hall–Kier alpha value is -2.87. The normalized spacial score (nSPS) is 16.6. The molecule has 1 atom stereocenters. The Kier molecular flexibility index (Phi) is 4.58. The highest BCUT2D eigenvalue weighted by Crippen LogP contribution is 2.32. The van der Waals surface area contributed by atoms with Gasteiger partial charge in [-0.15, -0.1) is 0 Å². The smallest absolute Gasteiger partial charge is 0.332 e. The highest BCUT2D eigenvalue weighted by molar-refractivity contribution is 5.77. The number of ether oxygens (including phenoxy) is 1. The van der Waals surface area contributed by atoms with E-state index in [9.17, 15) is 9.59 Å². The van der Waals surface area contributed by atoms with E-state index >= 15 is 0 Å². The number of anilines is 2. The number of benzene rings is 1. The molecule has 148 valence electrons. The SMILES string of the molecule is COCCn1c(=O)c2c(nc3n2CC(C)CN3c2ccc(C)cc2)n(C)c1=O. The second kappa shape index (κ2) is 6.94. The van der Waals surface area contributed by atoms with Gasteiger partial charge < -0.3 is 14.2 Å². The monoisotopic (exact) mass is 383 g/mol. The molecule has 1 aliphatic rings. The third-order valence-corrected chi connectivity index (χ3v) is 5.31. The quantitative estimate of drug-likeness (QED) is 0.685. The summed E-state index contributed by atoms with van der Waals surface area (Å²) in [5.74, 6) is 1.03. The number of aryl methyl sites for hydroxylation is 2. The number of fused-ring (bicyclic) bond motifs is 3. The standard InChI is InChI=1S/C20H25N5O3/c1-13-5-7-15(8-6-13)24-11-14(2)12-25-16-17(21-19(24)25)22(3)20(27)23(18(16)26)9-10-28-4/h5-8,14H,9-12H2,1-4H3. The summed E-state index contributed by atoms with van der Waals surface area (Å²) in [4.78, 5) is 32.7. The molecule has 0 spiro atoms. The van der Waals surface area contributed by atoms with Crippen LogP contribution in [0.2, 0.25) is 0 Å². The van der Waals surface area contributed by atoms with E-state index in [4.69, 9.17) is 9.72 Å². The van der Waals surface area contributed by atoms with E-state index in [-0.39, 0.29) is 17.8 Å². The van der Waals surface area contributed by atoms with Crippen molar-refractivity contribution in [1.29, 1.82) is 0 Å². The van der Waals surface area contributed by atoms with Crippen molar-refractivity contribution in [2.45, 2.75) is 26.9 Å². The Morgan fingerprint density at radius 3 is 2.57 bits per heavy atom. The van der Waals surface area contributed by atoms with Gasteiger partial charge in [0, 0.05) is 32.9 Å². The van der Waals surface area contributed by atoms with E-state index in [1.165, 1.54) is 14.7 Å². The van der Waals surface area contributed by atoms with E-state index in [0.717, 1.165) is 12.2 Å². The van der Waals surface area contributed by atoms with Crippen LogP contribution in [0.4, 0.5) is 11.6 Å². The summed E-state index contributed by atoms with van der Waals surface area (Å²) >= 11 is 0. The molecule has 0 saturated heterocycles. The summed E-state index contributed by atoms with van der Waals surface area (Å²) in [7, 11) is 3.21. The molecule has 0 aliphatic carbocycles. The number of methoxy groups -OCH3 is 1. The van der Waals surface area contributed by atoms with Crippen LogP contribution in [0.3, 0.4) is 0 Å². The lowest BCUT2D eigenvalue weighted by atomic mass is 10.1. The van der Waals surface area contributed by atoms with Crippen LogP contribution in [-0.4, -0.2) is 38.9 Å². The fraction of sp³-hybridized carbons (Fsp3) is 0.450. The molecular formula is C20H25N5O3. The zero-order chi connectivity index (χ0) is 20.0. The highest BCUT2D eigenvalue weighted by Gasteiger charge is 2.29. The maximum Gasteiger partial charge on any atom is 0.332 e. The van der Waals surface area contributed by atoms with Crippen LogP contribution in [0.15, 0.2) is 33.9 Å². The van der Waals surface area contributed by atoms with E-state index < -0.39 is 0 Å². The van der Waals surface area contributed by atoms with Crippen LogP contribution < -0.4 is 16.1 Å². The minimum Gasteiger partial charge on any atom is -0.383 e. The topological polar surface area (TPSA) is 74.3 Å². The first-order chi connectivity index (χ1) is 13.4. The predicted molar refractivity (Wildman–Crippen MR) is 108 cm³/mol. The van der Waals surface area contributed by atoms with Gasteiger partial charge in [-0.05, 0) is 25.0 Å². The number of hydrogen-bond donors (Lipinski definition) is 0. The van der Waals surface area contributed by atoms with Gasteiger partial charge in [0.2, 0.25) is 5.95 Å². The Morgan fingerprint density at radius 1 is 1.18 bits per heavy atom. The molecule has 2 aromatic heterocycles. The number of imidazole rings is 1. The Bertz CT molecular complexity index is 1140. The lowest BCUT2D eigenvalue weighted by molar-refractivity contribution is 0.184. The first-order valence-corrected chi connectivity index (χ1v) is 9.45. The van der Waals surface area contributed by atoms with E-state index in [0.29, 0.717) is 36.2 Å². The van der Waals surface area contributed by atoms with Crippen molar-refractivity contribution in [2.24, 2.45) is 13.0 Å². The molecule has 8 nitrogen and oxygen atoms in total. The van der Waals surface area contributed by atoms with Crippen LogP contribution >= 0.6 is 0 Å². The van der Waals surface area contributed by atoms with Crippen LogP contribution in [-0.2, 0) is 24.9 Å². The molecule has 3 heterocycles. The molecule has 28 heavy (non-hydrogen) atoms. The summed E-state index contributed by atoms with van der Waals surface area (Å²) in [6.45, 7) is 6.21. The highest BCUT2D eigenvalue weighted by atomic mass is 16.5. The van der Waals surface area contributed by atoms with Gasteiger partial charge in [0.05, 0.1) is 13.2 Å². The molecule has 1 aliphatic heterocycles. The molecule has 4 rings (SSSR count). The number of nitrogens with zero attached hydrogens (tertiary/aromatic N) is 5. The minimum absolute atomic E-state index is 0.218. The molecule has 8 heteroatoms. The molecule has 0 radical (unpaired) electrons. The average Bonchev–Trinajstić information content (AvgIpc) is 3.06. The van der Waals surface area contributed by atoms with Gasteiger partial charge >= 0.3 is 5.69 Å². The van der Waals surface area contributed by atoms with Crippen molar-refractivity contribution >= 4 is 22.8 Å². The van der Waals surface area contributed by atoms with Crippen molar-refractivity contribution < 1.29 is 4.74 Å². The van der Waals surface area contributed by atoms with Gasteiger partial charge in [-0.3, -0.25) is 13.9 Å². The average molecular weight is 383 g/mol. The fourth-order valence-electron chi connectivity index (χ4n) is 3.83. The fourth-order valence-corrected chi connectivity index (χ4v) is 3.83. The molecule has 1 unspecified atom stereocenters. The van der Waals surface area contributed by atoms with Crippen molar-refractivity contribution in [2.75, 3.05) is 25.2 Å². The summed E-state index contributed by atoms with van der Waals surface area (Å²) in [5.41, 5.74) is 2.41. The van der Waals surface area contributed by atoms with Gasteiger partial charge in [0.1, 0.15) is 0 Å².